The van der Waals surface area contributed by atoms with Gasteiger partial charge in [0.1, 0.15) is 23.5 Å². The maximum Gasteiger partial charge on any atom is 0.146 e. The van der Waals surface area contributed by atoms with Gasteiger partial charge in [0.2, 0.25) is 0 Å². The zero-order chi connectivity index (χ0) is 13.4. The minimum Gasteiger partial charge on any atom is -0.481 e. The Labute approximate surface area is 110 Å². The maximum absolute atomic E-state index is 13.8. The lowest BCUT2D eigenvalue weighted by molar-refractivity contribution is 0.203. The summed E-state index contributed by atoms with van der Waals surface area (Å²) in [6, 6.07) is 9.34. The van der Waals surface area contributed by atoms with E-state index in [9.17, 15) is 8.78 Å². The molecule has 98 valence electrons. The number of ether oxygens (including phenoxy) is 1. The fourth-order valence-electron chi connectivity index (χ4n) is 2.27. The van der Waals surface area contributed by atoms with Gasteiger partial charge in [-0.2, -0.15) is 0 Å². The van der Waals surface area contributed by atoms with Crippen LogP contribution in [0.15, 0.2) is 36.4 Å². The van der Waals surface area contributed by atoms with Crippen molar-refractivity contribution in [2.24, 2.45) is 0 Å². The Morgan fingerprint density at radius 1 is 1.21 bits per heavy atom. The molecule has 0 aromatic heterocycles. The van der Waals surface area contributed by atoms with Gasteiger partial charge in [0, 0.05) is 11.6 Å². The number of halogens is 2. The number of anilines is 1. The van der Waals surface area contributed by atoms with Gasteiger partial charge in [0.25, 0.3) is 0 Å². The average Bonchev–Trinajstić information content (AvgIpc) is 2.39. The molecule has 0 radical (unpaired) electrons. The molecular formula is C15H13F2NO. The first kappa shape index (κ1) is 12.0. The minimum atomic E-state index is -0.582. The molecule has 2 aromatic rings. The molecule has 19 heavy (non-hydrogen) atoms. The Bertz CT molecular complexity index is 628. The predicted octanol–water partition coefficient (Wildman–Crippen LogP) is 3.82. The first-order chi connectivity index (χ1) is 9.15. The lowest BCUT2D eigenvalue weighted by atomic mass is 10.1. The molecular weight excluding hydrogens is 248 g/mol. The van der Waals surface area contributed by atoms with E-state index in [-0.39, 0.29) is 0 Å². The third-order valence-electron chi connectivity index (χ3n) is 3.26. The lowest BCUT2D eigenvalue weighted by Crippen LogP contribution is -2.25. The van der Waals surface area contributed by atoms with Gasteiger partial charge in [-0.1, -0.05) is 12.1 Å². The topological polar surface area (TPSA) is 21.3 Å². The Balaban J connectivity index is 1.95. The summed E-state index contributed by atoms with van der Waals surface area (Å²) in [6.45, 7) is 2.39. The molecule has 0 aliphatic carbocycles. The van der Waals surface area contributed by atoms with Gasteiger partial charge in [0.05, 0.1) is 12.2 Å². The summed E-state index contributed by atoms with van der Waals surface area (Å²) in [7, 11) is 0. The van der Waals surface area contributed by atoms with Crippen molar-refractivity contribution in [3.63, 3.8) is 0 Å². The molecule has 2 nitrogen and oxygen atoms in total. The van der Waals surface area contributed by atoms with Crippen molar-refractivity contribution < 1.29 is 13.5 Å². The van der Waals surface area contributed by atoms with Crippen LogP contribution in [-0.4, -0.2) is 6.54 Å². The Morgan fingerprint density at radius 2 is 2.05 bits per heavy atom. The summed E-state index contributed by atoms with van der Waals surface area (Å²) in [5, 5.41) is 3.21. The zero-order valence-electron chi connectivity index (χ0n) is 10.4. The fraction of sp³-hybridized carbons (Fsp3) is 0.200. The molecule has 0 saturated heterocycles. The fourth-order valence-corrected chi connectivity index (χ4v) is 2.27. The predicted molar refractivity (Wildman–Crippen MR) is 69.4 cm³/mol. The van der Waals surface area contributed by atoms with Crippen LogP contribution in [0.4, 0.5) is 14.5 Å². The van der Waals surface area contributed by atoms with Crippen molar-refractivity contribution in [3.8, 4) is 5.75 Å². The van der Waals surface area contributed by atoms with Gasteiger partial charge in [-0.15, -0.1) is 0 Å². The van der Waals surface area contributed by atoms with E-state index in [4.69, 9.17) is 4.74 Å². The standard InChI is InChI=1S/C15H13F2NO/c1-9-3-2-4-13-15(9)19-14(8-18-13)11-6-5-10(16)7-12(11)17/h2-7,14,18H,8H2,1H3. The van der Waals surface area contributed by atoms with Gasteiger partial charge < -0.3 is 10.1 Å². The molecule has 1 N–H and O–H groups in total. The molecule has 0 fully saturated rings. The molecule has 1 aliphatic heterocycles. The van der Waals surface area contributed by atoms with Crippen LogP contribution in [0.1, 0.15) is 17.2 Å². The largest absolute Gasteiger partial charge is 0.481 e. The van der Waals surface area contributed by atoms with E-state index in [1.807, 2.05) is 25.1 Å². The summed E-state index contributed by atoms with van der Waals surface area (Å²) in [6.07, 6.45) is -0.450. The first-order valence-electron chi connectivity index (χ1n) is 6.10. The SMILES string of the molecule is Cc1cccc2c1OC(c1ccc(F)cc1F)CN2. The third kappa shape index (κ3) is 2.14. The van der Waals surface area contributed by atoms with Crippen LogP contribution in [0.3, 0.4) is 0 Å². The Hall–Kier alpha value is -2.10. The van der Waals surface area contributed by atoms with Gasteiger partial charge >= 0.3 is 0 Å². The number of aryl methyl sites for hydroxylation is 1. The van der Waals surface area contributed by atoms with Gasteiger partial charge in [-0.25, -0.2) is 8.78 Å². The molecule has 1 aliphatic rings. The normalized spacial score (nSPS) is 17.3. The number of rotatable bonds is 1. The van der Waals surface area contributed by atoms with Crippen molar-refractivity contribution >= 4 is 5.69 Å². The number of hydrogen-bond acceptors (Lipinski definition) is 2. The van der Waals surface area contributed by atoms with Crippen molar-refractivity contribution in [2.75, 3.05) is 11.9 Å². The van der Waals surface area contributed by atoms with E-state index in [0.717, 1.165) is 23.1 Å². The second kappa shape index (κ2) is 4.53. The summed E-state index contributed by atoms with van der Waals surface area (Å²) in [4.78, 5) is 0. The molecule has 0 amide bonds. The van der Waals surface area contributed by atoms with Crippen molar-refractivity contribution in [2.45, 2.75) is 13.0 Å². The molecule has 1 atom stereocenters. The summed E-state index contributed by atoms with van der Waals surface area (Å²) >= 11 is 0. The van der Waals surface area contributed by atoms with Crippen molar-refractivity contribution in [1.82, 2.24) is 0 Å². The van der Waals surface area contributed by atoms with E-state index in [1.54, 1.807) is 0 Å². The van der Waals surface area contributed by atoms with Gasteiger partial charge in [-0.3, -0.25) is 0 Å². The highest BCUT2D eigenvalue weighted by molar-refractivity contribution is 5.61. The Kier molecular flexibility index (Phi) is 2.85. The second-order valence-corrected chi connectivity index (χ2v) is 4.60. The number of nitrogens with one attached hydrogen (secondary N) is 1. The molecule has 1 heterocycles. The van der Waals surface area contributed by atoms with Crippen LogP contribution in [0.5, 0.6) is 5.75 Å². The van der Waals surface area contributed by atoms with Crippen LogP contribution in [0.25, 0.3) is 0 Å². The smallest absolute Gasteiger partial charge is 0.146 e. The zero-order valence-corrected chi connectivity index (χ0v) is 10.4. The second-order valence-electron chi connectivity index (χ2n) is 4.60. The maximum atomic E-state index is 13.8. The minimum absolute atomic E-state index is 0.364. The van der Waals surface area contributed by atoms with E-state index in [1.165, 1.54) is 12.1 Å². The molecule has 3 rings (SSSR count). The molecule has 1 unspecified atom stereocenters. The highest BCUT2D eigenvalue weighted by Crippen LogP contribution is 2.37. The van der Waals surface area contributed by atoms with E-state index in [0.29, 0.717) is 12.1 Å². The number of fused-ring (bicyclic) bond motifs is 1. The molecule has 4 heteroatoms. The van der Waals surface area contributed by atoms with E-state index < -0.39 is 17.7 Å². The van der Waals surface area contributed by atoms with E-state index >= 15 is 0 Å². The quantitative estimate of drug-likeness (QED) is 0.842. The monoisotopic (exact) mass is 261 g/mol. The van der Waals surface area contributed by atoms with Crippen LogP contribution < -0.4 is 10.1 Å². The lowest BCUT2D eigenvalue weighted by Gasteiger charge is -2.29. The van der Waals surface area contributed by atoms with Crippen molar-refractivity contribution in [1.29, 1.82) is 0 Å². The van der Waals surface area contributed by atoms with Crippen LogP contribution >= 0.6 is 0 Å². The number of hydrogen-bond donors (Lipinski definition) is 1. The molecule has 2 aromatic carbocycles. The summed E-state index contributed by atoms with van der Waals surface area (Å²) in [5.41, 5.74) is 2.25. The molecule has 0 spiro atoms. The molecule has 0 saturated carbocycles. The van der Waals surface area contributed by atoms with Crippen LogP contribution in [-0.2, 0) is 0 Å². The number of benzene rings is 2. The molecule has 0 bridgehead atoms. The van der Waals surface area contributed by atoms with E-state index in [2.05, 4.69) is 5.32 Å². The van der Waals surface area contributed by atoms with Gasteiger partial charge in [0.15, 0.2) is 0 Å². The van der Waals surface area contributed by atoms with Crippen molar-refractivity contribution in [3.05, 3.63) is 59.2 Å². The summed E-state index contributed by atoms with van der Waals surface area (Å²) < 4.78 is 32.5. The highest BCUT2D eigenvalue weighted by atomic mass is 19.1. The number of para-hydroxylation sites is 1. The third-order valence-corrected chi connectivity index (χ3v) is 3.26. The summed E-state index contributed by atoms with van der Waals surface area (Å²) in [5.74, 6) is -0.437. The average molecular weight is 261 g/mol. The van der Waals surface area contributed by atoms with Crippen LogP contribution in [0, 0.1) is 18.6 Å². The van der Waals surface area contributed by atoms with Gasteiger partial charge in [-0.05, 0) is 30.7 Å². The first-order valence-corrected chi connectivity index (χ1v) is 6.10. The van der Waals surface area contributed by atoms with Crippen LogP contribution in [0.2, 0.25) is 0 Å². The Morgan fingerprint density at radius 3 is 2.84 bits per heavy atom. The highest BCUT2D eigenvalue weighted by Gasteiger charge is 2.24.